The van der Waals surface area contributed by atoms with Gasteiger partial charge >= 0.3 is 0 Å². The molecule has 0 aliphatic heterocycles. The van der Waals surface area contributed by atoms with Crippen LogP contribution >= 0.6 is 0 Å². The molecule has 3 aromatic rings. The zero-order valence-electron chi connectivity index (χ0n) is 15.1. The summed E-state index contributed by atoms with van der Waals surface area (Å²) < 4.78 is 2.04. The molecule has 0 aliphatic rings. The van der Waals surface area contributed by atoms with E-state index >= 15 is 0 Å². The second-order valence-corrected chi connectivity index (χ2v) is 6.57. The van der Waals surface area contributed by atoms with E-state index in [0.717, 1.165) is 28.8 Å². The highest BCUT2D eigenvalue weighted by molar-refractivity contribution is 5.84. The van der Waals surface area contributed by atoms with Gasteiger partial charge < -0.3 is 9.88 Å². The molecular weight excluding hydrogens is 310 g/mol. The Bertz CT molecular complexity index is 854. The number of aromatic nitrogens is 2. The number of carbonyl (C=O) groups excluding carboxylic acids is 1. The fraction of sp³-hybridized carbons (Fsp3) is 0.333. The standard InChI is InChI=1S/C21H25N3O/c1-4-15(2)20(16-10-6-5-7-11-16)21(25)22-14-19-23-17-12-8-9-13-18(17)24(19)3/h5-13,15,20H,4,14H2,1-3H3,(H,22,25). The van der Waals surface area contributed by atoms with Crippen LogP contribution in [0.2, 0.25) is 0 Å². The van der Waals surface area contributed by atoms with Gasteiger partial charge in [-0.05, 0) is 23.6 Å². The number of rotatable bonds is 6. The van der Waals surface area contributed by atoms with Crippen LogP contribution in [0.5, 0.6) is 0 Å². The number of carbonyl (C=O) groups is 1. The first-order valence-corrected chi connectivity index (χ1v) is 8.84. The average molecular weight is 335 g/mol. The van der Waals surface area contributed by atoms with Crippen molar-refractivity contribution in [2.75, 3.05) is 0 Å². The van der Waals surface area contributed by atoms with Gasteiger partial charge in [0.2, 0.25) is 5.91 Å². The molecule has 0 bridgehead atoms. The van der Waals surface area contributed by atoms with Crippen LogP contribution in [-0.4, -0.2) is 15.5 Å². The molecule has 0 saturated carbocycles. The molecular formula is C21H25N3O. The molecule has 2 unspecified atom stereocenters. The summed E-state index contributed by atoms with van der Waals surface area (Å²) in [5.74, 6) is 1.07. The van der Waals surface area contributed by atoms with E-state index in [1.165, 1.54) is 0 Å². The second-order valence-electron chi connectivity index (χ2n) is 6.57. The quantitative estimate of drug-likeness (QED) is 0.739. The molecule has 1 heterocycles. The van der Waals surface area contributed by atoms with Gasteiger partial charge in [-0.2, -0.15) is 0 Å². The van der Waals surface area contributed by atoms with Gasteiger partial charge in [0, 0.05) is 7.05 Å². The number of para-hydroxylation sites is 2. The van der Waals surface area contributed by atoms with Gasteiger partial charge in [-0.15, -0.1) is 0 Å². The molecule has 3 rings (SSSR count). The van der Waals surface area contributed by atoms with Gasteiger partial charge in [0.25, 0.3) is 0 Å². The van der Waals surface area contributed by atoms with Crippen molar-refractivity contribution in [2.24, 2.45) is 13.0 Å². The van der Waals surface area contributed by atoms with E-state index in [-0.39, 0.29) is 17.7 Å². The fourth-order valence-electron chi connectivity index (χ4n) is 3.26. The molecule has 2 atom stereocenters. The predicted molar refractivity (Wildman–Crippen MR) is 101 cm³/mol. The second kappa shape index (κ2) is 7.51. The van der Waals surface area contributed by atoms with Crippen molar-refractivity contribution in [3.63, 3.8) is 0 Å². The smallest absolute Gasteiger partial charge is 0.228 e. The Hall–Kier alpha value is -2.62. The molecule has 0 aliphatic carbocycles. The Morgan fingerprint density at radius 1 is 1.12 bits per heavy atom. The number of fused-ring (bicyclic) bond motifs is 1. The Labute approximate surface area is 148 Å². The summed E-state index contributed by atoms with van der Waals surface area (Å²) in [4.78, 5) is 17.5. The highest BCUT2D eigenvalue weighted by Gasteiger charge is 2.25. The Kier molecular flexibility index (Phi) is 5.17. The maximum Gasteiger partial charge on any atom is 0.228 e. The molecule has 0 fully saturated rings. The van der Waals surface area contributed by atoms with E-state index in [1.54, 1.807) is 0 Å². The number of benzene rings is 2. The lowest BCUT2D eigenvalue weighted by atomic mass is 9.85. The summed E-state index contributed by atoms with van der Waals surface area (Å²) in [5, 5.41) is 3.09. The normalized spacial score (nSPS) is 13.6. The minimum Gasteiger partial charge on any atom is -0.348 e. The number of amides is 1. The minimum atomic E-state index is -0.138. The summed E-state index contributed by atoms with van der Waals surface area (Å²) in [5.41, 5.74) is 3.10. The lowest BCUT2D eigenvalue weighted by molar-refractivity contribution is -0.123. The highest BCUT2D eigenvalue weighted by atomic mass is 16.1. The van der Waals surface area contributed by atoms with Crippen molar-refractivity contribution in [2.45, 2.75) is 32.7 Å². The first kappa shape index (κ1) is 17.2. The van der Waals surface area contributed by atoms with Crippen LogP contribution in [0.4, 0.5) is 0 Å². The largest absolute Gasteiger partial charge is 0.348 e. The number of imidazole rings is 1. The van der Waals surface area contributed by atoms with Crippen molar-refractivity contribution in [1.82, 2.24) is 14.9 Å². The minimum absolute atomic E-state index is 0.0626. The monoisotopic (exact) mass is 335 g/mol. The maximum atomic E-state index is 12.9. The number of aryl methyl sites for hydroxylation is 1. The summed E-state index contributed by atoms with van der Waals surface area (Å²) >= 11 is 0. The molecule has 1 N–H and O–H groups in total. The number of nitrogens with zero attached hydrogens (tertiary/aromatic N) is 2. The SMILES string of the molecule is CCC(C)C(C(=O)NCc1nc2ccccc2n1C)c1ccccc1. The average Bonchev–Trinajstić information content (AvgIpc) is 2.97. The third-order valence-electron chi connectivity index (χ3n) is 4.95. The van der Waals surface area contributed by atoms with Crippen molar-refractivity contribution >= 4 is 16.9 Å². The number of hydrogen-bond donors (Lipinski definition) is 1. The zero-order valence-corrected chi connectivity index (χ0v) is 15.1. The summed E-state index contributed by atoms with van der Waals surface area (Å²) in [6, 6.07) is 18.0. The van der Waals surface area contributed by atoms with E-state index in [9.17, 15) is 4.79 Å². The lowest BCUT2D eigenvalue weighted by Gasteiger charge is -2.22. The van der Waals surface area contributed by atoms with Crippen molar-refractivity contribution in [1.29, 1.82) is 0 Å². The maximum absolute atomic E-state index is 12.9. The van der Waals surface area contributed by atoms with Crippen molar-refractivity contribution < 1.29 is 4.79 Å². The van der Waals surface area contributed by atoms with Crippen LogP contribution in [0.3, 0.4) is 0 Å². The molecule has 0 saturated heterocycles. The van der Waals surface area contributed by atoms with Gasteiger partial charge in [-0.25, -0.2) is 4.98 Å². The molecule has 25 heavy (non-hydrogen) atoms. The van der Waals surface area contributed by atoms with Gasteiger partial charge in [0.15, 0.2) is 0 Å². The molecule has 4 nitrogen and oxygen atoms in total. The highest BCUT2D eigenvalue weighted by Crippen LogP contribution is 2.27. The van der Waals surface area contributed by atoms with Gasteiger partial charge in [-0.1, -0.05) is 62.7 Å². The molecule has 0 spiro atoms. The number of nitrogens with one attached hydrogen (secondary N) is 1. The lowest BCUT2D eigenvalue weighted by Crippen LogP contribution is -2.33. The molecule has 130 valence electrons. The molecule has 1 amide bonds. The first-order valence-electron chi connectivity index (χ1n) is 8.84. The van der Waals surface area contributed by atoms with Crippen LogP contribution in [-0.2, 0) is 18.4 Å². The molecule has 0 radical (unpaired) electrons. The van der Waals surface area contributed by atoms with Crippen molar-refractivity contribution in [3.05, 3.63) is 66.0 Å². The van der Waals surface area contributed by atoms with Gasteiger partial charge in [0.1, 0.15) is 5.82 Å². The summed E-state index contributed by atoms with van der Waals surface area (Å²) in [7, 11) is 1.99. The molecule has 4 heteroatoms. The number of hydrogen-bond acceptors (Lipinski definition) is 2. The van der Waals surface area contributed by atoms with Crippen LogP contribution in [0, 0.1) is 5.92 Å². The third kappa shape index (κ3) is 3.58. The molecule has 2 aromatic carbocycles. The van der Waals surface area contributed by atoms with Gasteiger partial charge in [0.05, 0.1) is 23.5 Å². The Morgan fingerprint density at radius 3 is 2.48 bits per heavy atom. The van der Waals surface area contributed by atoms with E-state index in [2.05, 4.69) is 24.1 Å². The van der Waals surface area contributed by atoms with E-state index in [1.807, 2.05) is 66.2 Å². The predicted octanol–water partition coefficient (Wildman–Crippen LogP) is 4.02. The van der Waals surface area contributed by atoms with Crippen LogP contribution < -0.4 is 5.32 Å². The summed E-state index contributed by atoms with van der Waals surface area (Å²) in [6.45, 7) is 4.69. The topological polar surface area (TPSA) is 46.9 Å². The van der Waals surface area contributed by atoms with E-state index in [0.29, 0.717) is 6.54 Å². The zero-order chi connectivity index (χ0) is 17.8. The fourth-order valence-corrected chi connectivity index (χ4v) is 3.26. The Balaban J connectivity index is 1.78. The van der Waals surface area contributed by atoms with E-state index < -0.39 is 0 Å². The van der Waals surface area contributed by atoms with Crippen LogP contribution in [0.1, 0.15) is 37.6 Å². The Morgan fingerprint density at radius 2 is 1.80 bits per heavy atom. The van der Waals surface area contributed by atoms with Gasteiger partial charge in [-0.3, -0.25) is 4.79 Å². The molecule has 1 aromatic heterocycles. The van der Waals surface area contributed by atoms with E-state index in [4.69, 9.17) is 0 Å². The van der Waals surface area contributed by atoms with Crippen LogP contribution in [0.25, 0.3) is 11.0 Å². The van der Waals surface area contributed by atoms with Crippen LogP contribution in [0.15, 0.2) is 54.6 Å². The summed E-state index contributed by atoms with van der Waals surface area (Å²) in [6.07, 6.45) is 0.958. The third-order valence-corrected chi connectivity index (χ3v) is 4.95. The van der Waals surface area contributed by atoms with Crippen molar-refractivity contribution in [3.8, 4) is 0 Å². The first-order chi connectivity index (χ1) is 12.1.